The zero-order chi connectivity index (χ0) is 33.9. The smallest absolute Gasteiger partial charge is 0.140 e. The second kappa shape index (κ2) is 17.6. The topological polar surface area (TPSA) is 43.8 Å². The molecule has 4 nitrogen and oxygen atoms in total. The van der Waals surface area contributed by atoms with Gasteiger partial charge in [0.05, 0.1) is 6.10 Å². The van der Waals surface area contributed by atoms with Gasteiger partial charge in [-0.1, -0.05) is 111 Å². The number of nitrogens with zero attached hydrogens (tertiary/aromatic N) is 2. The van der Waals surface area contributed by atoms with Gasteiger partial charge in [0.25, 0.3) is 0 Å². The molecule has 2 heterocycles. The summed E-state index contributed by atoms with van der Waals surface area (Å²) in [6.07, 6.45) is 1.96. The lowest BCUT2D eigenvalue weighted by atomic mass is 9.80. The quantitative estimate of drug-likeness (QED) is 0.189. The number of rotatable bonds is 10. The van der Waals surface area contributed by atoms with Crippen molar-refractivity contribution in [3.05, 3.63) is 143 Å². The predicted octanol–water partition coefficient (Wildman–Crippen LogP) is 7.98. The number of Topliss-reactive ketones (excluding diaryl/α,β-unsaturated/α-hetero) is 1. The Hall–Kier alpha value is -3.71. The molecule has 0 saturated carbocycles. The van der Waals surface area contributed by atoms with Crippen molar-refractivity contribution < 1.29 is 18.7 Å². The van der Waals surface area contributed by atoms with E-state index in [1.807, 2.05) is 18.2 Å². The van der Waals surface area contributed by atoms with Crippen LogP contribution in [0.15, 0.2) is 109 Å². The summed E-state index contributed by atoms with van der Waals surface area (Å²) >= 11 is 0. The number of carbonyl (C=O) groups is 1. The molecule has 4 aromatic carbocycles. The van der Waals surface area contributed by atoms with Gasteiger partial charge in [0.2, 0.25) is 0 Å². The highest BCUT2D eigenvalue weighted by atomic mass is 19.1. The molecule has 4 aromatic rings. The molecule has 0 bridgehead atoms. The van der Waals surface area contributed by atoms with Crippen LogP contribution in [0.4, 0.5) is 8.78 Å². The van der Waals surface area contributed by atoms with Crippen molar-refractivity contribution in [3.63, 3.8) is 0 Å². The highest BCUT2D eigenvalue weighted by Gasteiger charge is 2.32. The standard InChI is InChI=1S/C21H26FNO.C21H24FNO/c2*1-16-14-23(15-17-7-3-2-4-8-17)12-11-19(16)21(24)13-18-9-5-6-10-20(18)22/h2-10,16,19,21,24H,11-15H2,1H3;2-10,16,19H,11-15H2,1H3/t16-,19-,21?;16-,19-/m00/s1. The van der Waals surface area contributed by atoms with Crippen LogP contribution in [0.25, 0.3) is 0 Å². The highest BCUT2D eigenvalue weighted by Crippen LogP contribution is 2.30. The molecule has 5 atom stereocenters. The third-order valence-corrected chi connectivity index (χ3v) is 10.2. The van der Waals surface area contributed by atoms with Crippen molar-refractivity contribution >= 4 is 5.78 Å². The van der Waals surface area contributed by atoms with E-state index in [0.717, 1.165) is 52.1 Å². The minimum atomic E-state index is -0.476. The van der Waals surface area contributed by atoms with Crippen LogP contribution in [0.5, 0.6) is 0 Å². The Morgan fingerprint density at radius 1 is 0.688 bits per heavy atom. The van der Waals surface area contributed by atoms with E-state index in [2.05, 4.69) is 72.2 Å². The van der Waals surface area contributed by atoms with Crippen LogP contribution in [0.3, 0.4) is 0 Å². The largest absolute Gasteiger partial charge is 0.392 e. The summed E-state index contributed by atoms with van der Waals surface area (Å²) in [6, 6.07) is 34.3. The fraction of sp³-hybridized carbons (Fsp3) is 0.405. The van der Waals surface area contributed by atoms with Gasteiger partial charge >= 0.3 is 0 Å². The summed E-state index contributed by atoms with van der Waals surface area (Å²) in [7, 11) is 0. The molecule has 6 rings (SSSR count). The van der Waals surface area contributed by atoms with E-state index in [4.69, 9.17) is 0 Å². The number of aliphatic hydroxyl groups is 1. The first kappa shape index (κ1) is 35.6. The van der Waals surface area contributed by atoms with Crippen LogP contribution in [-0.4, -0.2) is 53.0 Å². The maximum Gasteiger partial charge on any atom is 0.140 e. The molecule has 1 N–H and O–H groups in total. The van der Waals surface area contributed by atoms with E-state index >= 15 is 0 Å². The van der Waals surface area contributed by atoms with Crippen LogP contribution in [-0.2, 0) is 30.7 Å². The van der Waals surface area contributed by atoms with Gasteiger partial charge in [0.1, 0.15) is 17.4 Å². The number of piperidine rings is 2. The zero-order valence-electron chi connectivity index (χ0n) is 28.4. The molecular weight excluding hydrogens is 602 g/mol. The number of hydrogen-bond donors (Lipinski definition) is 1. The number of aliphatic hydroxyl groups excluding tert-OH is 1. The van der Waals surface area contributed by atoms with Crippen LogP contribution < -0.4 is 0 Å². The first-order valence-electron chi connectivity index (χ1n) is 17.5. The SMILES string of the molecule is C[C@H]1CN(Cc2ccccc2)CC[C@@H]1C(=O)Cc1ccccc1F.C[C@H]1CN(Cc2ccccc2)CC[C@@H]1C(O)Cc1ccccc1F. The van der Waals surface area contributed by atoms with Crippen molar-refractivity contribution in [1.29, 1.82) is 0 Å². The van der Waals surface area contributed by atoms with Crippen molar-refractivity contribution in [1.82, 2.24) is 9.80 Å². The van der Waals surface area contributed by atoms with E-state index in [9.17, 15) is 18.7 Å². The first-order chi connectivity index (χ1) is 23.3. The third kappa shape index (κ3) is 10.1. The Kier molecular flexibility index (Phi) is 13.1. The Morgan fingerprint density at radius 2 is 1.17 bits per heavy atom. The number of halogens is 2. The Balaban J connectivity index is 0.000000188. The van der Waals surface area contributed by atoms with Crippen molar-refractivity contribution in [2.24, 2.45) is 23.7 Å². The molecule has 0 radical (unpaired) electrons. The Bertz CT molecular complexity index is 1570. The summed E-state index contributed by atoms with van der Waals surface area (Å²) in [6.45, 7) is 10.0. The van der Waals surface area contributed by atoms with E-state index < -0.39 is 6.10 Å². The van der Waals surface area contributed by atoms with Crippen LogP contribution >= 0.6 is 0 Å². The second-order valence-corrected chi connectivity index (χ2v) is 13.8. The number of ketones is 1. The number of benzene rings is 4. The van der Waals surface area contributed by atoms with Gasteiger partial charge in [-0.15, -0.1) is 0 Å². The molecule has 0 spiro atoms. The molecule has 2 fully saturated rings. The first-order valence-corrected chi connectivity index (χ1v) is 17.5. The Morgan fingerprint density at radius 3 is 1.69 bits per heavy atom. The lowest BCUT2D eigenvalue weighted by molar-refractivity contribution is -0.125. The molecule has 2 aliphatic heterocycles. The van der Waals surface area contributed by atoms with E-state index in [1.54, 1.807) is 30.3 Å². The lowest BCUT2D eigenvalue weighted by Crippen LogP contribution is -2.43. The van der Waals surface area contributed by atoms with Crippen molar-refractivity contribution in [3.8, 4) is 0 Å². The highest BCUT2D eigenvalue weighted by molar-refractivity contribution is 5.83. The van der Waals surface area contributed by atoms with Gasteiger partial charge in [-0.3, -0.25) is 14.6 Å². The maximum absolute atomic E-state index is 13.8. The van der Waals surface area contributed by atoms with Crippen LogP contribution in [0.2, 0.25) is 0 Å². The van der Waals surface area contributed by atoms with Crippen molar-refractivity contribution in [2.45, 2.75) is 58.7 Å². The summed E-state index contributed by atoms with van der Waals surface area (Å²) in [5.41, 5.74) is 3.77. The molecule has 2 aliphatic rings. The molecule has 2 saturated heterocycles. The summed E-state index contributed by atoms with van der Waals surface area (Å²) in [5.74, 6) is 0.664. The van der Waals surface area contributed by atoms with Gasteiger partial charge in [-0.25, -0.2) is 8.78 Å². The van der Waals surface area contributed by atoms with Gasteiger partial charge < -0.3 is 5.11 Å². The minimum Gasteiger partial charge on any atom is -0.392 e. The van der Waals surface area contributed by atoms with Gasteiger partial charge in [-0.05, 0) is 78.1 Å². The third-order valence-electron chi connectivity index (χ3n) is 10.2. The van der Waals surface area contributed by atoms with Crippen LogP contribution in [0.1, 0.15) is 48.9 Å². The molecule has 48 heavy (non-hydrogen) atoms. The Labute approximate surface area is 285 Å². The average molecular weight is 653 g/mol. The normalized spacial score (nSPS) is 22.4. The predicted molar refractivity (Wildman–Crippen MR) is 189 cm³/mol. The fourth-order valence-corrected chi connectivity index (χ4v) is 7.50. The molecule has 0 amide bonds. The number of hydrogen-bond acceptors (Lipinski definition) is 4. The average Bonchev–Trinajstić information content (AvgIpc) is 3.08. The lowest BCUT2D eigenvalue weighted by Gasteiger charge is -2.39. The van der Waals surface area contributed by atoms with E-state index in [1.165, 1.54) is 23.3 Å². The fourth-order valence-electron chi connectivity index (χ4n) is 7.50. The van der Waals surface area contributed by atoms with Gasteiger partial charge in [0, 0.05) is 44.9 Å². The molecule has 0 aromatic heterocycles. The molecule has 254 valence electrons. The van der Waals surface area contributed by atoms with Gasteiger partial charge in [0.15, 0.2) is 0 Å². The number of likely N-dealkylation sites (tertiary alicyclic amines) is 2. The van der Waals surface area contributed by atoms with Crippen LogP contribution in [0, 0.1) is 35.3 Å². The molecule has 6 heteroatoms. The second-order valence-electron chi connectivity index (χ2n) is 13.8. The number of carbonyl (C=O) groups excluding carboxylic acids is 1. The zero-order valence-corrected chi connectivity index (χ0v) is 28.4. The minimum absolute atomic E-state index is 0.0385. The van der Waals surface area contributed by atoms with E-state index in [0.29, 0.717) is 29.4 Å². The summed E-state index contributed by atoms with van der Waals surface area (Å²) in [5, 5.41) is 10.6. The summed E-state index contributed by atoms with van der Waals surface area (Å²) < 4.78 is 27.6. The summed E-state index contributed by atoms with van der Waals surface area (Å²) in [4.78, 5) is 17.5. The molecule has 1 unspecified atom stereocenters. The molecular formula is C42H50F2N2O2. The molecule has 0 aliphatic carbocycles. The maximum atomic E-state index is 13.8. The monoisotopic (exact) mass is 652 g/mol. The van der Waals surface area contributed by atoms with Gasteiger partial charge in [-0.2, -0.15) is 0 Å². The van der Waals surface area contributed by atoms with E-state index in [-0.39, 0.29) is 35.7 Å². The van der Waals surface area contributed by atoms with Crippen molar-refractivity contribution in [2.75, 3.05) is 26.2 Å².